The number of nitrogens with zero attached hydrogens (tertiary/aromatic N) is 3. The molecular weight excluding hydrogens is 512 g/mol. The van der Waals surface area contributed by atoms with E-state index in [1.54, 1.807) is 12.1 Å². The Morgan fingerprint density at radius 2 is 1.91 bits per heavy atom. The fourth-order valence-electron chi connectivity index (χ4n) is 4.14. The lowest BCUT2D eigenvalue weighted by Crippen LogP contribution is -2.63. The highest BCUT2D eigenvalue weighted by molar-refractivity contribution is 6.68. The highest BCUT2D eigenvalue weighted by Gasteiger charge is 2.42. The Hall–Kier alpha value is -2.01. The van der Waals surface area contributed by atoms with E-state index in [9.17, 15) is 14.4 Å². The minimum absolute atomic E-state index is 0.164. The Kier molecular flexibility index (Phi) is 8.38. The lowest BCUT2D eigenvalue weighted by Gasteiger charge is -2.46. The molecule has 0 bridgehead atoms. The second kappa shape index (κ2) is 10.7. The van der Waals surface area contributed by atoms with Crippen molar-refractivity contribution < 1.29 is 23.5 Å². The number of carbonyl (C=O) groups is 3. The number of cyclic esters (lactones) is 1. The molecule has 0 aromatic heterocycles. The van der Waals surface area contributed by atoms with Crippen LogP contribution in [0.5, 0.6) is 0 Å². The van der Waals surface area contributed by atoms with Crippen LogP contribution >= 0.6 is 34.8 Å². The van der Waals surface area contributed by atoms with Gasteiger partial charge in [-0.05, 0) is 25.1 Å². The van der Waals surface area contributed by atoms with Crippen LogP contribution in [-0.2, 0) is 14.3 Å². The van der Waals surface area contributed by atoms with E-state index < -0.39 is 28.0 Å². The van der Waals surface area contributed by atoms with Gasteiger partial charge in [-0.15, -0.1) is 0 Å². The third-order valence-electron chi connectivity index (χ3n) is 5.70. The van der Waals surface area contributed by atoms with Gasteiger partial charge in [0.05, 0.1) is 24.5 Å². The number of hydrogen-bond acceptors (Lipinski definition) is 6. The van der Waals surface area contributed by atoms with Crippen molar-refractivity contribution in [2.24, 2.45) is 0 Å². The normalized spacial score (nSPS) is 22.4. The molecule has 0 radical (unpaired) electrons. The number of ether oxygens (including phenoxy) is 1. The Balaban J connectivity index is 1.68. The van der Waals surface area contributed by atoms with E-state index in [2.05, 4.69) is 10.6 Å². The number of benzene rings is 1. The highest BCUT2D eigenvalue weighted by atomic mass is 35.6. The molecule has 0 aliphatic carbocycles. The molecule has 1 aromatic carbocycles. The monoisotopic (exact) mass is 537 g/mol. The van der Waals surface area contributed by atoms with E-state index in [0.717, 1.165) is 0 Å². The first kappa shape index (κ1) is 26.6. The standard InChI is InChI=1S/C21H27Cl3FN5O4/c1-12-10-28(6-7-29(12)19(21(22,23)24)27-14(3)32)18-5-4-15(8-17(18)25)30-11-16(34-20(30)33)9-26-13(2)31/h4-5,8,12,16,19H,6-7,9-11H2,1-3H3,(H,26,31)(H,27,32)/t12?,16-,19?/m0/s1. The van der Waals surface area contributed by atoms with Crippen LogP contribution in [0.3, 0.4) is 0 Å². The van der Waals surface area contributed by atoms with E-state index in [1.165, 1.54) is 24.8 Å². The summed E-state index contributed by atoms with van der Waals surface area (Å²) < 4.78 is 18.6. The smallest absolute Gasteiger partial charge is 0.414 e. The van der Waals surface area contributed by atoms with Gasteiger partial charge in [-0.25, -0.2) is 9.18 Å². The Morgan fingerprint density at radius 1 is 1.21 bits per heavy atom. The highest BCUT2D eigenvalue weighted by Crippen LogP contribution is 2.35. The predicted molar refractivity (Wildman–Crippen MR) is 129 cm³/mol. The summed E-state index contributed by atoms with van der Waals surface area (Å²) in [5.41, 5.74) is 0.743. The van der Waals surface area contributed by atoms with Gasteiger partial charge >= 0.3 is 6.09 Å². The maximum Gasteiger partial charge on any atom is 0.414 e. The molecular formula is C21H27Cl3FN5O4. The zero-order chi connectivity index (χ0) is 25.2. The van der Waals surface area contributed by atoms with Crippen molar-refractivity contribution in [2.45, 2.75) is 42.9 Å². The SMILES string of the molecule is CC(=O)NC[C@H]1CN(c2ccc(N3CCN(C(NC(C)=O)C(Cl)(Cl)Cl)C(C)C3)c(F)c2)C(=O)O1. The molecule has 1 aromatic rings. The number of hydrogen-bond donors (Lipinski definition) is 2. The number of alkyl halides is 3. The number of halogens is 4. The summed E-state index contributed by atoms with van der Waals surface area (Å²) in [6.07, 6.45) is -1.94. The van der Waals surface area contributed by atoms with Crippen molar-refractivity contribution in [2.75, 3.05) is 42.5 Å². The summed E-state index contributed by atoms with van der Waals surface area (Å²) in [4.78, 5) is 40.0. The molecule has 2 fully saturated rings. The van der Waals surface area contributed by atoms with Gasteiger partial charge in [0.15, 0.2) is 0 Å². The average Bonchev–Trinajstić information content (AvgIpc) is 3.10. The van der Waals surface area contributed by atoms with E-state index in [0.29, 0.717) is 31.0 Å². The minimum Gasteiger partial charge on any atom is -0.442 e. The zero-order valence-corrected chi connectivity index (χ0v) is 21.3. The van der Waals surface area contributed by atoms with E-state index in [-0.39, 0.29) is 30.9 Å². The number of carbonyl (C=O) groups excluding carboxylic acids is 3. The molecule has 2 heterocycles. The van der Waals surface area contributed by atoms with Crippen LogP contribution in [0.4, 0.5) is 20.6 Å². The average molecular weight is 539 g/mol. The molecule has 0 spiro atoms. The maximum atomic E-state index is 15.1. The van der Waals surface area contributed by atoms with Crippen LogP contribution in [0.2, 0.25) is 0 Å². The second-order valence-corrected chi connectivity index (χ2v) is 10.7. The van der Waals surface area contributed by atoms with Crippen LogP contribution in [0, 0.1) is 5.82 Å². The third kappa shape index (κ3) is 6.35. The lowest BCUT2D eigenvalue weighted by atomic mass is 10.1. The van der Waals surface area contributed by atoms with Gasteiger partial charge in [0.1, 0.15) is 18.1 Å². The number of nitrogens with one attached hydrogen (secondary N) is 2. The summed E-state index contributed by atoms with van der Waals surface area (Å²) in [7, 11) is 0. The van der Waals surface area contributed by atoms with Gasteiger partial charge in [0.25, 0.3) is 0 Å². The molecule has 9 nitrogen and oxygen atoms in total. The summed E-state index contributed by atoms with van der Waals surface area (Å²) in [5.74, 6) is -1.04. The Bertz CT molecular complexity index is 947. The number of rotatable bonds is 6. The van der Waals surface area contributed by atoms with Crippen LogP contribution < -0.4 is 20.4 Å². The maximum absolute atomic E-state index is 15.1. The Morgan fingerprint density at radius 3 is 2.47 bits per heavy atom. The first-order valence-corrected chi connectivity index (χ1v) is 11.9. The van der Waals surface area contributed by atoms with Gasteiger partial charge in [-0.3, -0.25) is 19.4 Å². The van der Waals surface area contributed by atoms with Crippen molar-refractivity contribution in [3.05, 3.63) is 24.0 Å². The van der Waals surface area contributed by atoms with Crippen molar-refractivity contribution >= 4 is 64.1 Å². The zero-order valence-electron chi connectivity index (χ0n) is 19.0. The quantitative estimate of drug-likeness (QED) is 0.541. The summed E-state index contributed by atoms with van der Waals surface area (Å²) in [5, 5.41) is 5.28. The van der Waals surface area contributed by atoms with E-state index in [1.807, 2.05) is 16.7 Å². The second-order valence-electron chi connectivity index (χ2n) is 8.37. The molecule has 2 N–H and O–H groups in total. The van der Waals surface area contributed by atoms with Crippen molar-refractivity contribution in [1.29, 1.82) is 0 Å². The molecule has 188 valence electrons. The fourth-order valence-corrected chi connectivity index (χ4v) is 4.68. The van der Waals surface area contributed by atoms with Crippen molar-refractivity contribution in [1.82, 2.24) is 15.5 Å². The van der Waals surface area contributed by atoms with Gasteiger partial charge < -0.3 is 20.3 Å². The minimum atomic E-state index is -1.74. The largest absolute Gasteiger partial charge is 0.442 e. The number of anilines is 2. The van der Waals surface area contributed by atoms with Gasteiger partial charge in [0.2, 0.25) is 15.6 Å². The van der Waals surface area contributed by atoms with Gasteiger partial charge in [-0.1, -0.05) is 34.8 Å². The predicted octanol–water partition coefficient (Wildman–Crippen LogP) is 2.63. The molecule has 2 aliphatic heterocycles. The van der Waals surface area contributed by atoms with Crippen LogP contribution in [0.1, 0.15) is 20.8 Å². The molecule has 3 amide bonds. The summed E-state index contributed by atoms with van der Waals surface area (Å²) in [6, 6.07) is 4.39. The topological polar surface area (TPSA) is 94.2 Å². The fraction of sp³-hybridized carbons (Fsp3) is 0.571. The van der Waals surface area contributed by atoms with E-state index >= 15 is 4.39 Å². The van der Waals surface area contributed by atoms with Gasteiger partial charge in [0, 0.05) is 39.5 Å². The van der Waals surface area contributed by atoms with Crippen LogP contribution in [-0.4, -0.2) is 77.6 Å². The molecule has 2 saturated heterocycles. The summed E-state index contributed by atoms with van der Waals surface area (Å²) in [6.45, 7) is 6.30. The first-order valence-electron chi connectivity index (χ1n) is 10.7. The number of amides is 3. The third-order valence-corrected chi connectivity index (χ3v) is 6.32. The summed E-state index contributed by atoms with van der Waals surface area (Å²) >= 11 is 18.3. The van der Waals surface area contributed by atoms with Crippen molar-refractivity contribution in [3.63, 3.8) is 0 Å². The molecule has 13 heteroatoms. The molecule has 3 atom stereocenters. The molecule has 34 heavy (non-hydrogen) atoms. The van der Waals surface area contributed by atoms with Crippen LogP contribution in [0.15, 0.2) is 18.2 Å². The van der Waals surface area contributed by atoms with Crippen LogP contribution in [0.25, 0.3) is 0 Å². The first-order chi connectivity index (χ1) is 15.9. The van der Waals surface area contributed by atoms with Crippen molar-refractivity contribution in [3.8, 4) is 0 Å². The Labute approximate surface area is 212 Å². The molecule has 0 saturated carbocycles. The number of piperazine rings is 1. The van der Waals surface area contributed by atoms with Gasteiger partial charge in [-0.2, -0.15) is 0 Å². The lowest BCUT2D eigenvalue weighted by molar-refractivity contribution is -0.121. The van der Waals surface area contributed by atoms with E-state index in [4.69, 9.17) is 39.5 Å². The molecule has 3 rings (SSSR count). The molecule has 2 unspecified atom stereocenters. The molecule has 2 aliphatic rings.